The molecular weight excluding hydrogens is 234 g/mol. The summed E-state index contributed by atoms with van der Waals surface area (Å²) in [6.07, 6.45) is -0.732. The number of nitrogens with one attached hydrogen (secondary N) is 1. The second-order valence-corrected chi connectivity index (χ2v) is 4.56. The van der Waals surface area contributed by atoms with E-state index in [1.807, 2.05) is 27.7 Å². The zero-order valence-electron chi connectivity index (χ0n) is 13.2. The van der Waals surface area contributed by atoms with Crippen LogP contribution in [0.1, 0.15) is 62.3 Å². The number of hydrogen-bond acceptors (Lipinski definition) is 3. The lowest BCUT2D eigenvalue weighted by molar-refractivity contribution is -0.143. The van der Waals surface area contributed by atoms with Crippen LogP contribution < -0.4 is 5.32 Å². The Morgan fingerprint density at radius 3 is 1.50 bits per heavy atom. The third kappa shape index (κ3) is 12.8. The summed E-state index contributed by atoms with van der Waals surface area (Å²) in [4.78, 5) is 21.8. The maximum atomic E-state index is 11.2. The van der Waals surface area contributed by atoms with Gasteiger partial charge in [-0.3, -0.25) is 0 Å². The highest BCUT2D eigenvalue weighted by atomic mass is 16.6. The van der Waals surface area contributed by atoms with E-state index in [4.69, 9.17) is 9.84 Å². The number of hydrogen-bond donors (Lipinski definition) is 2. The number of ether oxygens (including phenoxy) is 1. The number of rotatable bonds is 2. The molecule has 0 unspecified atom stereocenters. The highest BCUT2D eigenvalue weighted by molar-refractivity contribution is 5.83. The van der Waals surface area contributed by atoms with Gasteiger partial charge in [0.2, 0.25) is 0 Å². The van der Waals surface area contributed by atoms with Crippen molar-refractivity contribution in [1.29, 1.82) is 0 Å². The van der Waals surface area contributed by atoms with Gasteiger partial charge in [-0.15, -0.1) is 0 Å². The van der Waals surface area contributed by atoms with Crippen LogP contribution in [0.2, 0.25) is 0 Å². The average molecular weight is 263 g/mol. The van der Waals surface area contributed by atoms with Gasteiger partial charge in [0.1, 0.15) is 11.1 Å². The van der Waals surface area contributed by atoms with Crippen LogP contribution in [-0.2, 0) is 9.53 Å². The summed E-state index contributed by atoms with van der Waals surface area (Å²) in [5.41, 5.74) is -1.94. The predicted molar refractivity (Wildman–Crippen MR) is 73.8 cm³/mol. The molecule has 0 saturated carbocycles. The number of carboxylic acid groups (broad SMARTS) is 1. The van der Waals surface area contributed by atoms with E-state index in [2.05, 4.69) is 5.32 Å². The van der Waals surface area contributed by atoms with Gasteiger partial charge in [0.25, 0.3) is 0 Å². The lowest BCUT2D eigenvalue weighted by atomic mass is 10.1. The zero-order valence-corrected chi connectivity index (χ0v) is 13.2. The highest BCUT2D eigenvalue weighted by Gasteiger charge is 2.30. The monoisotopic (exact) mass is 263 g/mol. The summed E-state index contributed by atoms with van der Waals surface area (Å²) in [5.74, 6) is -1.11. The van der Waals surface area contributed by atoms with Crippen molar-refractivity contribution in [1.82, 2.24) is 5.32 Å². The number of carboxylic acids is 1. The maximum absolute atomic E-state index is 11.2. The Labute approximate surface area is 111 Å². The summed E-state index contributed by atoms with van der Waals surface area (Å²) in [5, 5.41) is 11.0. The van der Waals surface area contributed by atoms with Crippen molar-refractivity contribution >= 4 is 12.1 Å². The van der Waals surface area contributed by atoms with Gasteiger partial charge in [0, 0.05) is 0 Å². The van der Waals surface area contributed by atoms with Crippen LogP contribution in [-0.4, -0.2) is 28.3 Å². The van der Waals surface area contributed by atoms with Crippen molar-refractivity contribution in [3.8, 4) is 0 Å². The van der Waals surface area contributed by atoms with E-state index in [0.717, 1.165) is 0 Å². The van der Waals surface area contributed by atoms with Gasteiger partial charge >= 0.3 is 12.1 Å². The van der Waals surface area contributed by atoms with Crippen LogP contribution in [0.4, 0.5) is 4.79 Å². The normalized spacial score (nSPS) is 10.1. The Morgan fingerprint density at radius 1 is 0.944 bits per heavy atom. The molecule has 0 fully saturated rings. The molecule has 0 atom stereocenters. The fraction of sp³-hybridized carbons (Fsp3) is 0.846. The Balaban J connectivity index is -0.000000506. The molecule has 1 amide bonds. The topological polar surface area (TPSA) is 75.6 Å². The minimum atomic E-state index is -1.32. The molecule has 110 valence electrons. The van der Waals surface area contributed by atoms with Crippen molar-refractivity contribution in [2.75, 3.05) is 0 Å². The molecule has 0 aliphatic carbocycles. The van der Waals surface area contributed by atoms with Gasteiger partial charge in [-0.1, -0.05) is 27.7 Å². The molecule has 0 aliphatic rings. The fourth-order valence-corrected chi connectivity index (χ4v) is 0.612. The van der Waals surface area contributed by atoms with Crippen molar-refractivity contribution < 1.29 is 19.4 Å². The summed E-state index contributed by atoms with van der Waals surface area (Å²) < 4.78 is 4.91. The summed E-state index contributed by atoms with van der Waals surface area (Å²) in [7, 11) is 0. The van der Waals surface area contributed by atoms with Gasteiger partial charge in [-0.25, -0.2) is 9.59 Å². The second-order valence-electron chi connectivity index (χ2n) is 4.56. The lowest BCUT2D eigenvalue weighted by Crippen LogP contribution is -2.51. The molecular formula is C13H29NO4. The van der Waals surface area contributed by atoms with E-state index in [0.29, 0.717) is 0 Å². The first-order valence-corrected chi connectivity index (χ1v) is 6.29. The Morgan fingerprint density at radius 2 is 1.28 bits per heavy atom. The SMILES string of the molecule is CC.CC.CC(C)(C)OC(=O)NC(C)(C)C(=O)O. The van der Waals surface area contributed by atoms with E-state index in [9.17, 15) is 9.59 Å². The minimum absolute atomic E-state index is 0.626. The van der Waals surface area contributed by atoms with Gasteiger partial charge in [-0.05, 0) is 34.6 Å². The Hall–Kier alpha value is -1.26. The van der Waals surface area contributed by atoms with E-state index >= 15 is 0 Å². The molecule has 0 radical (unpaired) electrons. The lowest BCUT2D eigenvalue weighted by Gasteiger charge is -2.25. The number of carbonyl (C=O) groups excluding carboxylic acids is 1. The molecule has 0 saturated heterocycles. The highest BCUT2D eigenvalue weighted by Crippen LogP contribution is 2.09. The molecule has 0 aliphatic heterocycles. The molecule has 0 aromatic carbocycles. The molecule has 0 aromatic rings. The summed E-state index contributed by atoms with van der Waals surface area (Å²) in [6, 6.07) is 0. The van der Waals surface area contributed by atoms with Crippen molar-refractivity contribution in [2.45, 2.75) is 73.5 Å². The molecule has 18 heavy (non-hydrogen) atoms. The first-order valence-electron chi connectivity index (χ1n) is 6.29. The van der Waals surface area contributed by atoms with E-state index in [1.165, 1.54) is 13.8 Å². The molecule has 0 spiro atoms. The largest absolute Gasteiger partial charge is 0.480 e. The third-order valence-corrected chi connectivity index (χ3v) is 1.35. The van der Waals surface area contributed by atoms with Crippen molar-refractivity contribution in [2.24, 2.45) is 0 Å². The van der Waals surface area contributed by atoms with Crippen LogP contribution in [0.15, 0.2) is 0 Å². The zero-order chi connectivity index (χ0) is 15.6. The Kier molecular flexibility index (Phi) is 11.9. The van der Waals surface area contributed by atoms with E-state index in [1.54, 1.807) is 20.8 Å². The number of aliphatic carboxylic acids is 1. The molecule has 0 heterocycles. The van der Waals surface area contributed by atoms with Crippen LogP contribution >= 0.6 is 0 Å². The van der Waals surface area contributed by atoms with Gasteiger partial charge in [-0.2, -0.15) is 0 Å². The molecule has 2 N–H and O–H groups in total. The number of amides is 1. The third-order valence-electron chi connectivity index (χ3n) is 1.35. The fourth-order valence-electron chi connectivity index (χ4n) is 0.612. The first kappa shape index (κ1) is 22.0. The van der Waals surface area contributed by atoms with Crippen LogP contribution in [0.5, 0.6) is 0 Å². The van der Waals surface area contributed by atoms with Crippen LogP contribution in [0.25, 0.3) is 0 Å². The van der Waals surface area contributed by atoms with Gasteiger partial charge < -0.3 is 15.2 Å². The first-order chi connectivity index (χ1) is 8.04. The minimum Gasteiger partial charge on any atom is -0.480 e. The molecule has 0 bridgehead atoms. The van der Waals surface area contributed by atoms with Crippen molar-refractivity contribution in [3.05, 3.63) is 0 Å². The van der Waals surface area contributed by atoms with Crippen LogP contribution in [0, 0.1) is 0 Å². The number of alkyl carbamates (subject to hydrolysis) is 1. The number of carbonyl (C=O) groups is 2. The standard InChI is InChI=1S/C9H17NO4.2C2H6/c1-8(2,3)14-7(13)10-9(4,5)6(11)12;2*1-2/h1-5H3,(H,10,13)(H,11,12);2*1-2H3. The van der Waals surface area contributed by atoms with E-state index < -0.39 is 23.2 Å². The smallest absolute Gasteiger partial charge is 0.408 e. The quantitative estimate of drug-likeness (QED) is 0.800. The molecule has 5 nitrogen and oxygen atoms in total. The second kappa shape index (κ2) is 9.74. The Bertz CT molecular complexity index is 242. The molecule has 0 aromatic heterocycles. The summed E-state index contributed by atoms with van der Waals surface area (Å²) in [6.45, 7) is 15.9. The van der Waals surface area contributed by atoms with Gasteiger partial charge in [0.05, 0.1) is 0 Å². The predicted octanol–water partition coefficient (Wildman–Crippen LogP) is 3.43. The summed E-state index contributed by atoms with van der Waals surface area (Å²) >= 11 is 0. The van der Waals surface area contributed by atoms with Crippen molar-refractivity contribution in [3.63, 3.8) is 0 Å². The molecule has 0 rings (SSSR count). The van der Waals surface area contributed by atoms with Crippen LogP contribution in [0.3, 0.4) is 0 Å². The van der Waals surface area contributed by atoms with E-state index in [-0.39, 0.29) is 0 Å². The van der Waals surface area contributed by atoms with Gasteiger partial charge in [0.15, 0.2) is 0 Å². The maximum Gasteiger partial charge on any atom is 0.408 e. The molecule has 5 heteroatoms. The average Bonchev–Trinajstić information content (AvgIpc) is 2.19.